The third-order valence-corrected chi connectivity index (χ3v) is 7.41. The summed E-state index contributed by atoms with van der Waals surface area (Å²) in [5.74, 6) is 0.227. The second-order valence-corrected chi connectivity index (χ2v) is 11.4. The average Bonchev–Trinajstić information content (AvgIpc) is 3.39. The van der Waals surface area contributed by atoms with E-state index >= 15 is 0 Å². The zero-order valence-corrected chi connectivity index (χ0v) is 22.1. The summed E-state index contributed by atoms with van der Waals surface area (Å²) in [4.78, 5) is 16.9. The smallest absolute Gasteiger partial charge is 0.306 e. The highest BCUT2D eigenvalue weighted by atomic mass is 16.7. The maximum atomic E-state index is 12.9. The highest BCUT2D eigenvalue weighted by Gasteiger charge is 2.56. The Bertz CT molecular complexity index is 1060. The summed E-state index contributed by atoms with van der Waals surface area (Å²) in [6.45, 7) is 7.05. The largest absolute Gasteiger partial charge is 0.457 e. The van der Waals surface area contributed by atoms with Crippen molar-refractivity contribution in [3.63, 3.8) is 0 Å². The molecule has 5 atom stereocenters. The lowest BCUT2D eigenvalue weighted by atomic mass is 9.87. The number of anilines is 1. The van der Waals surface area contributed by atoms with E-state index in [2.05, 4.69) is 10.1 Å². The zero-order chi connectivity index (χ0) is 26.8. The van der Waals surface area contributed by atoms with E-state index in [1.54, 1.807) is 23.6 Å². The van der Waals surface area contributed by atoms with Crippen molar-refractivity contribution in [2.45, 2.75) is 96.4 Å². The highest BCUT2D eigenvalue weighted by Crippen LogP contribution is 2.42. The number of esters is 1. The normalized spacial score (nSPS) is 28.0. The van der Waals surface area contributed by atoms with E-state index in [0.717, 1.165) is 25.7 Å². The van der Waals surface area contributed by atoms with Gasteiger partial charge >= 0.3 is 5.97 Å². The van der Waals surface area contributed by atoms with Gasteiger partial charge in [0.2, 0.25) is 0 Å². The van der Waals surface area contributed by atoms with Crippen LogP contribution >= 0.6 is 0 Å². The van der Waals surface area contributed by atoms with Gasteiger partial charge in [-0.1, -0.05) is 40.0 Å². The van der Waals surface area contributed by atoms with Crippen LogP contribution in [0.15, 0.2) is 18.5 Å². The lowest BCUT2D eigenvalue weighted by molar-refractivity contribution is -0.218. The Hall–Kier alpha value is -2.31. The van der Waals surface area contributed by atoms with Gasteiger partial charge in [0.25, 0.3) is 0 Å². The summed E-state index contributed by atoms with van der Waals surface area (Å²) in [6.07, 6.45) is 3.12. The summed E-state index contributed by atoms with van der Waals surface area (Å²) in [7, 11) is 0. The van der Waals surface area contributed by atoms with Crippen LogP contribution in [0.25, 0.3) is 5.52 Å². The molecular formula is C26H40N4O7. The van der Waals surface area contributed by atoms with Gasteiger partial charge in [0.15, 0.2) is 18.2 Å². The summed E-state index contributed by atoms with van der Waals surface area (Å²) in [6, 6.07) is 3.51. The van der Waals surface area contributed by atoms with Crippen LogP contribution in [-0.2, 0) is 29.3 Å². The van der Waals surface area contributed by atoms with E-state index in [0.29, 0.717) is 29.4 Å². The summed E-state index contributed by atoms with van der Waals surface area (Å²) in [5, 5.41) is 25.9. The standard InChI is InChI=1S/C26H40N4O7/c1-25(2,3)24(33)35-15-34-13-18-21(36-20(31)12-16-8-6-5-7-9-16)22(32)26(4,37-18)19-11-10-17-23(27)28-14-29-30(17)19/h10-11,14,16,18,21-22,24,32-33H,5-9,12-13,15H2,1-4H3,(H2,27,28,29)/t18-,21-,22-,24?,26+/m1/s1. The van der Waals surface area contributed by atoms with Gasteiger partial charge in [0.1, 0.15) is 36.4 Å². The number of hydrogen-bond acceptors (Lipinski definition) is 10. The molecule has 2 aromatic heterocycles. The van der Waals surface area contributed by atoms with Gasteiger partial charge in [-0.2, -0.15) is 5.10 Å². The number of nitrogens with zero attached hydrogens (tertiary/aromatic N) is 3. The van der Waals surface area contributed by atoms with Crippen LogP contribution in [0.4, 0.5) is 5.82 Å². The summed E-state index contributed by atoms with van der Waals surface area (Å²) in [5.41, 5.74) is 5.36. The molecule has 11 heteroatoms. The SMILES string of the molecule is CC(C)(C)C(O)OCOC[C@H]1O[C@@](C)(c2ccc3c(N)ncnn23)[C@H](O)[C@@H]1OC(=O)CC1CCCCC1. The molecule has 0 radical (unpaired) electrons. The fourth-order valence-corrected chi connectivity index (χ4v) is 5.13. The lowest BCUT2D eigenvalue weighted by Crippen LogP contribution is -2.42. The summed E-state index contributed by atoms with van der Waals surface area (Å²) >= 11 is 0. The highest BCUT2D eigenvalue weighted by molar-refractivity contribution is 5.70. The van der Waals surface area contributed by atoms with E-state index in [4.69, 9.17) is 24.7 Å². The molecule has 0 amide bonds. The van der Waals surface area contributed by atoms with Gasteiger partial charge in [-0.25, -0.2) is 9.50 Å². The zero-order valence-electron chi connectivity index (χ0n) is 22.1. The maximum Gasteiger partial charge on any atom is 0.306 e. The predicted octanol–water partition coefficient (Wildman–Crippen LogP) is 2.52. The van der Waals surface area contributed by atoms with Crippen molar-refractivity contribution >= 4 is 17.3 Å². The van der Waals surface area contributed by atoms with Crippen LogP contribution in [0.1, 0.15) is 71.9 Å². The predicted molar refractivity (Wildman–Crippen MR) is 134 cm³/mol. The molecule has 1 aliphatic heterocycles. The van der Waals surface area contributed by atoms with Gasteiger partial charge in [-0.3, -0.25) is 4.79 Å². The number of hydrogen-bond donors (Lipinski definition) is 3. The first-order valence-electron chi connectivity index (χ1n) is 13.0. The van der Waals surface area contributed by atoms with Crippen molar-refractivity contribution in [1.82, 2.24) is 14.6 Å². The number of carbonyl (C=O) groups excluding carboxylic acids is 1. The van der Waals surface area contributed by atoms with E-state index in [1.165, 1.54) is 12.7 Å². The molecule has 1 aliphatic carbocycles. The fraction of sp³-hybridized carbons (Fsp3) is 0.731. The van der Waals surface area contributed by atoms with Crippen LogP contribution in [0.5, 0.6) is 0 Å². The lowest BCUT2D eigenvalue weighted by Gasteiger charge is -2.28. The van der Waals surface area contributed by atoms with Gasteiger partial charge in [-0.15, -0.1) is 0 Å². The van der Waals surface area contributed by atoms with Gasteiger partial charge < -0.3 is 34.9 Å². The number of nitrogens with two attached hydrogens (primary N) is 1. The molecule has 1 saturated carbocycles. The van der Waals surface area contributed by atoms with Crippen LogP contribution in [-0.4, -0.2) is 68.8 Å². The third-order valence-electron chi connectivity index (χ3n) is 7.41. The van der Waals surface area contributed by atoms with Crippen LogP contribution in [0.3, 0.4) is 0 Å². The maximum absolute atomic E-state index is 12.9. The van der Waals surface area contributed by atoms with Crippen LogP contribution in [0, 0.1) is 11.3 Å². The van der Waals surface area contributed by atoms with Crippen molar-refractivity contribution in [2.75, 3.05) is 19.1 Å². The molecule has 0 aromatic carbocycles. The van der Waals surface area contributed by atoms with E-state index in [-0.39, 0.29) is 19.4 Å². The Kier molecular flexibility index (Phi) is 8.39. The Morgan fingerprint density at radius 3 is 2.73 bits per heavy atom. The van der Waals surface area contributed by atoms with E-state index in [1.807, 2.05) is 20.8 Å². The minimum atomic E-state index is -1.27. The first kappa shape index (κ1) is 27.7. The molecule has 2 aromatic rings. The number of fused-ring (bicyclic) bond motifs is 1. The number of rotatable bonds is 9. The molecule has 1 saturated heterocycles. The van der Waals surface area contributed by atoms with Gasteiger partial charge in [-0.05, 0) is 37.8 Å². The topological polar surface area (TPSA) is 151 Å². The third kappa shape index (κ3) is 6.06. The van der Waals surface area contributed by atoms with Crippen LogP contribution < -0.4 is 5.73 Å². The molecular weight excluding hydrogens is 480 g/mol. The molecule has 0 spiro atoms. The molecule has 4 rings (SSSR count). The van der Waals surface area contributed by atoms with Gasteiger partial charge in [0, 0.05) is 11.8 Å². The Morgan fingerprint density at radius 1 is 1.30 bits per heavy atom. The van der Waals surface area contributed by atoms with Crippen molar-refractivity contribution < 1.29 is 34.0 Å². The second kappa shape index (κ2) is 11.2. The molecule has 3 heterocycles. The molecule has 2 fully saturated rings. The van der Waals surface area contributed by atoms with E-state index in [9.17, 15) is 15.0 Å². The summed E-state index contributed by atoms with van der Waals surface area (Å²) < 4.78 is 24.8. The number of carbonyl (C=O) groups is 1. The molecule has 206 valence electrons. The average molecular weight is 521 g/mol. The first-order chi connectivity index (χ1) is 17.5. The number of aromatic nitrogens is 3. The molecule has 0 bridgehead atoms. The first-order valence-corrected chi connectivity index (χ1v) is 13.0. The monoisotopic (exact) mass is 520 g/mol. The number of aliphatic hydroxyl groups excluding tert-OH is 2. The number of ether oxygens (including phenoxy) is 4. The number of nitrogen functional groups attached to an aromatic ring is 1. The van der Waals surface area contributed by atoms with Crippen molar-refractivity contribution in [3.05, 3.63) is 24.2 Å². The number of aliphatic hydroxyl groups is 2. The fourth-order valence-electron chi connectivity index (χ4n) is 5.13. The Balaban J connectivity index is 1.51. The minimum absolute atomic E-state index is 0.0225. The van der Waals surface area contributed by atoms with Crippen molar-refractivity contribution in [2.24, 2.45) is 11.3 Å². The molecule has 4 N–H and O–H groups in total. The van der Waals surface area contributed by atoms with Crippen molar-refractivity contribution in [1.29, 1.82) is 0 Å². The quantitative estimate of drug-likeness (QED) is 0.256. The van der Waals surface area contributed by atoms with Crippen LogP contribution in [0.2, 0.25) is 0 Å². The molecule has 11 nitrogen and oxygen atoms in total. The molecule has 37 heavy (non-hydrogen) atoms. The Morgan fingerprint density at radius 2 is 2.03 bits per heavy atom. The minimum Gasteiger partial charge on any atom is -0.457 e. The van der Waals surface area contributed by atoms with E-state index < -0.39 is 35.6 Å². The molecule has 2 aliphatic rings. The Labute approximate surface area is 217 Å². The van der Waals surface area contributed by atoms with Crippen molar-refractivity contribution in [3.8, 4) is 0 Å². The molecule has 1 unspecified atom stereocenters. The second-order valence-electron chi connectivity index (χ2n) is 11.4. The van der Waals surface area contributed by atoms with Gasteiger partial charge in [0.05, 0.1) is 12.3 Å².